The lowest BCUT2D eigenvalue weighted by Crippen LogP contribution is -2.43. The van der Waals surface area contributed by atoms with Crippen molar-refractivity contribution in [3.8, 4) is 0 Å². The number of halogens is 1. The summed E-state index contributed by atoms with van der Waals surface area (Å²) in [7, 11) is 0. The Hall–Kier alpha value is -1.63. The van der Waals surface area contributed by atoms with Crippen molar-refractivity contribution in [1.29, 1.82) is 0 Å². The highest BCUT2D eigenvalue weighted by molar-refractivity contribution is 7.13. The fourth-order valence-corrected chi connectivity index (χ4v) is 3.75. The van der Waals surface area contributed by atoms with Crippen molar-refractivity contribution in [2.45, 2.75) is 19.4 Å². The van der Waals surface area contributed by atoms with Crippen molar-refractivity contribution in [2.75, 3.05) is 36.4 Å². The largest absolute Gasteiger partial charge is 0.347 e. The maximum atomic E-state index is 12.5. The summed E-state index contributed by atoms with van der Waals surface area (Å²) in [6.45, 7) is 5.59. The van der Waals surface area contributed by atoms with Crippen molar-refractivity contribution in [1.82, 2.24) is 9.88 Å². The molecule has 0 radical (unpaired) electrons. The number of carbonyl (C=O) groups excluding carboxylic acids is 1. The molecule has 1 aromatic heterocycles. The Labute approximate surface area is 151 Å². The molecule has 1 N–H and O–H groups in total. The van der Waals surface area contributed by atoms with Gasteiger partial charge in [-0.25, -0.2) is 4.98 Å². The van der Waals surface area contributed by atoms with Crippen LogP contribution < -0.4 is 10.2 Å². The molecule has 1 fully saturated rings. The van der Waals surface area contributed by atoms with Crippen LogP contribution in [0.3, 0.4) is 0 Å². The number of anilines is 2. The molecule has 1 atom stereocenters. The second-order valence-corrected chi connectivity index (χ2v) is 7.18. The van der Waals surface area contributed by atoms with Gasteiger partial charge in [-0.1, -0.05) is 17.7 Å². The van der Waals surface area contributed by atoms with Crippen molar-refractivity contribution >= 4 is 39.7 Å². The zero-order chi connectivity index (χ0) is 16.9. The van der Waals surface area contributed by atoms with Gasteiger partial charge in [0, 0.05) is 48.5 Å². The minimum atomic E-state index is -0.180. The number of nitrogens with zero attached hydrogens (tertiary/aromatic N) is 3. The van der Waals surface area contributed by atoms with Gasteiger partial charge in [0.1, 0.15) is 0 Å². The number of carbonyl (C=O) groups is 1. The number of amides is 1. The summed E-state index contributed by atoms with van der Waals surface area (Å²) < 4.78 is 0. The van der Waals surface area contributed by atoms with E-state index in [0.717, 1.165) is 43.4 Å². The van der Waals surface area contributed by atoms with Gasteiger partial charge in [0.2, 0.25) is 5.91 Å². The highest BCUT2D eigenvalue weighted by Crippen LogP contribution is 2.20. The van der Waals surface area contributed by atoms with Crippen LogP contribution in [0.15, 0.2) is 35.8 Å². The van der Waals surface area contributed by atoms with Crippen LogP contribution >= 0.6 is 22.9 Å². The number of benzene rings is 1. The van der Waals surface area contributed by atoms with Gasteiger partial charge in [0.05, 0.1) is 6.04 Å². The van der Waals surface area contributed by atoms with E-state index >= 15 is 0 Å². The molecule has 5 nitrogen and oxygen atoms in total. The number of aromatic nitrogens is 1. The zero-order valence-corrected chi connectivity index (χ0v) is 15.2. The van der Waals surface area contributed by atoms with Gasteiger partial charge in [0.15, 0.2) is 5.13 Å². The van der Waals surface area contributed by atoms with Crippen LogP contribution in [0.2, 0.25) is 5.02 Å². The van der Waals surface area contributed by atoms with Gasteiger partial charge in [0.25, 0.3) is 0 Å². The first-order chi connectivity index (χ1) is 11.6. The van der Waals surface area contributed by atoms with E-state index in [0.29, 0.717) is 5.02 Å². The second kappa shape index (κ2) is 7.96. The molecule has 1 saturated heterocycles. The van der Waals surface area contributed by atoms with Crippen molar-refractivity contribution < 1.29 is 4.79 Å². The number of rotatable bonds is 4. The fourth-order valence-electron chi connectivity index (χ4n) is 2.87. The lowest BCUT2D eigenvalue weighted by Gasteiger charge is -2.26. The molecular formula is C17H21ClN4OS. The maximum absolute atomic E-state index is 12.5. The molecule has 0 unspecified atom stereocenters. The Bertz CT molecular complexity index is 679. The number of hydrogen-bond acceptors (Lipinski definition) is 5. The normalized spacial score (nSPS) is 17.3. The summed E-state index contributed by atoms with van der Waals surface area (Å²) in [6, 6.07) is 7.06. The molecule has 0 aliphatic carbocycles. The molecule has 24 heavy (non-hydrogen) atoms. The SMILES string of the molecule is C[C@@H](C(=O)Nc1cccc(Cl)c1)N1CCCN(c2nccs2)CC1. The standard InChI is InChI=1S/C17H21ClN4OS/c1-13(16(23)20-15-5-2-4-14(18)12-15)21-7-3-8-22(10-9-21)17-19-6-11-24-17/h2,4-6,11-13H,3,7-10H2,1H3,(H,20,23)/t13-/m0/s1. The number of hydrogen-bond donors (Lipinski definition) is 1. The summed E-state index contributed by atoms with van der Waals surface area (Å²) in [6.07, 6.45) is 2.86. The van der Waals surface area contributed by atoms with Crippen LogP contribution in [-0.4, -0.2) is 48.0 Å². The summed E-state index contributed by atoms with van der Waals surface area (Å²) in [5.41, 5.74) is 0.735. The summed E-state index contributed by atoms with van der Waals surface area (Å²) in [5.74, 6) is -0.0000322. The minimum absolute atomic E-state index is 0.0000322. The number of thiazole rings is 1. The van der Waals surface area contributed by atoms with Crippen LogP contribution in [-0.2, 0) is 4.79 Å². The third kappa shape index (κ3) is 4.26. The van der Waals surface area contributed by atoms with E-state index in [-0.39, 0.29) is 11.9 Å². The fraction of sp³-hybridized carbons (Fsp3) is 0.412. The van der Waals surface area contributed by atoms with Crippen LogP contribution in [0, 0.1) is 0 Å². The van der Waals surface area contributed by atoms with Gasteiger partial charge >= 0.3 is 0 Å². The van der Waals surface area contributed by atoms with E-state index in [1.54, 1.807) is 23.5 Å². The average molecular weight is 365 g/mol. The monoisotopic (exact) mass is 364 g/mol. The van der Waals surface area contributed by atoms with Gasteiger partial charge in [-0.2, -0.15) is 0 Å². The van der Waals surface area contributed by atoms with E-state index in [1.807, 2.05) is 30.6 Å². The van der Waals surface area contributed by atoms with Crippen LogP contribution in [0.1, 0.15) is 13.3 Å². The zero-order valence-electron chi connectivity index (χ0n) is 13.6. The van der Waals surface area contributed by atoms with E-state index in [4.69, 9.17) is 11.6 Å². The lowest BCUT2D eigenvalue weighted by molar-refractivity contribution is -0.120. The molecule has 1 aliphatic rings. The highest BCUT2D eigenvalue weighted by atomic mass is 35.5. The maximum Gasteiger partial charge on any atom is 0.241 e. The molecule has 2 heterocycles. The van der Waals surface area contributed by atoms with Crippen LogP contribution in [0.5, 0.6) is 0 Å². The Morgan fingerprint density at radius 3 is 2.96 bits per heavy atom. The van der Waals surface area contributed by atoms with E-state index in [9.17, 15) is 4.79 Å². The predicted octanol–water partition coefficient (Wildman–Crippen LogP) is 3.34. The third-order valence-corrected chi connectivity index (χ3v) is 5.31. The minimum Gasteiger partial charge on any atom is -0.347 e. The summed E-state index contributed by atoms with van der Waals surface area (Å²) >= 11 is 7.63. The first kappa shape index (κ1) is 17.2. The highest BCUT2D eigenvalue weighted by Gasteiger charge is 2.24. The van der Waals surface area contributed by atoms with Gasteiger partial charge < -0.3 is 10.2 Å². The Morgan fingerprint density at radius 1 is 1.33 bits per heavy atom. The topological polar surface area (TPSA) is 48.5 Å². The quantitative estimate of drug-likeness (QED) is 0.904. The number of nitrogens with one attached hydrogen (secondary N) is 1. The smallest absolute Gasteiger partial charge is 0.241 e. The first-order valence-electron chi connectivity index (χ1n) is 8.08. The van der Waals surface area contributed by atoms with Crippen molar-refractivity contribution in [3.63, 3.8) is 0 Å². The van der Waals surface area contributed by atoms with Crippen molar-refractivity contribution in [3.05, 3.63) is 40.9 Å². The molecule has 2 aromatic rings. The van der Waals surface area contributed by atoms with Crippen molar-refractivity contribution in [2.24, 2.45) is 0 Å². The molecule has 0 saturated carbocycles. The molecule has 1 aromatic carbocycles. The van der Waals surface area contributed by atoms with Crippen LogP contribution in [0.25, 0.3) is 0 Å². The Morgan fingerprint density at radius 2 is 2.21 bits per heavy atom. The van der Waals surface area contributed by atoms with Gasteiger partial charge in [-0.15, -0.1) is 11.3 Å². The molecular weight excluding hydrogens is 344 g/mol. The summed E-state index contributed by atoms with van der Waals surface area (Å²) in [5, 5.41) is 6.63. The molecule has 7 heteroatoms. The molecule has 0 spiro atoms. The molecule has 128 valence electrons. The molecule has 1 amide bonds. The first-order valence-corrected chi connectivity index (χ1v) is 9.34. The molecule has 0 bridgehead atoms. The third-order valence-electron chi connectivity index (χ3n) is 4.24. The Balaban J connectivity index is 1.58. The average Bonchev–Trinajstić information content (AvgIpc) is 2.99. The predicted molar refractivity (Wildman–Crippen MR) is 100 cm³/mol. The molecule has 1 aliphatic heterocycles. The van der Waals surface area contributed by atoms with E-state index in [2.05, 4.69) is 20.1 Å². The Kier molecular flexibility index (Phi) is 5.71. The van der Waals surface area contributed by atoms with Gasteiger partial charge in [-0.3, -0.25) is 9.69 Å². The van der Waals surface area contributed by atoms with Gasteiger partial charge in [-0.05, 0) is 31.5 Å². The second-order valence-electron chi connectivity index (χ2n) is 5.87. The van der Waals surface area contributed by atoms with E-state index in [1.165, 1.54) is 0 Å². The lowest BCUT2D eigenvalue weighted by atomic mass is 10.2. The molecule has 3 rings (SSSR count). The van der Waals surface area contributed by atoms with Crippen LogP contribution in [0.4, 0.5) is 10.8 Å². The summed E-state index contributed by atoms with van der Waals surface area (Å²) in [4.78, 5) is 21.4. The van der Waals surface area contributed by atoms with E-state index < -0.39 is 0 Å².